The monoisotopic (exact) mass is 363 g/mol. The van der Waals surface area contributed by atoms with Crippen molar-refractivity contribution in [2.24, 2.45) is 0 Å². The number of carbonyl (C=O) groups excluding carboxylic acids is 2. The molecule has 0 saturated carbocycles. The summed E-state index contributed by atoms with van der Waals surface area (Å²) < 4.78 is 1.37. The second-order valence-corrected chi connectivity index (χ2v) is 6.51. The summed E-state index contributed by atoms with van der Waals surface area (Å²) >= 11 is 0. The SMILES string of the molecule is Cc1nc2ccccc2c(=O)n1C[C@@H](O)CN1C(=O)c2ccccc2C1=O. The van der Waals surface area contributed by atoms with Crippen molar-refractivity contribution in [3.8, 4) is 0 Å². The van der Waals surface area contributed by atoms with Crippen LogP contribution in [0.25, 0.3) is 10.9 Å². The van der Waals surface area contributed by atoms with Crippen LogP contribution in [0.1, 0.15) is 26.5 Å². The van der Waals surface area contributed by atoms with Crippen LogP contribution in [0.2, 0.25) is 0 Å². The van der Waals surface area contributed by atoms with E-state index in [1.165, 1.54) is 4.57 Å². The summed E-state index contributed by atoms with van der Waals surface area (Å²) in [6.45, 7) is 1.43. The van der Waals surface area contributed by atoms with Crippen molar-refractivity contribution in [3.05, 3.63) is 75.8 Å². The Morgan fingerprint density at radius 1 is 0.926 bits per heavy atom. The van der Waals surface area contributed by atoms with E-state index in [-0.39, 0.29) is 18.6 Å². The highest BCUT2D eigenvalue weighted by Crippen LogP contribution is 2.22. The molecule has 136 valence electrons. The fraction of sp³-hybridized carbons (Fsp3) is 0.200. The van der Waals surface area contributed by atoms with Crippen molar-refractivity contribution in [2.45, 2.75) is 19.6 Å². The second kappa shape index (κ2) is 6.44. The standard InChI is InChI=1S/C20H17N3O4/c1-12-21-17-9-5-4-8-16(17)20(27)22(12)10-13(24)11-23-18(25)14-6-2-3-7-15(14)19(23)26/h2-9,13,24H,10-11H2,1H3/t13-/m1/s1. The van der Waals surface area contributed by atoms with Crippen LogP contribution in [-0.4, -0.2) is 44.0 Å². The quantitative estimate of drug-likeness (QED) is 0.707. The highest BCUT2D eigenvalue weighted by atomic mass is 16.3. The van der Waals surface area contributed by atoms with Gasteiger partial charge in [0.05, 0.1) is 41.2 Å². The Labute approximate surface area is 154 Å². The predicted octanol–water partition coefficient (Wildman–Crippen LogP) is 1.36. The molecule has 1 aromatic heterocycles. The normalized spacial score (nSPS) is 14.7. The number of hydrogen-bond acceptors (Lipinski definition) is 5. The zero-order valence-corrected chi connectivity index (χ0v) is 14.6. The number of aromatic nitrogens is 2. The van der Waals surface area contributed by atoms with Crippen molar-refractivity contribution < 1.29 is 14.7 Å². The van der Waals surface area contributed by atoms with Crippen molar-refractivity contribution >= 4 is 22.7 Å². The average molecular weight is 363 g/mol. The van der Waals surface area contributed by atoms with Crippen molar-refractivity contribution in [2.75, 3.05) is 6.54 Å². The van der Waals surface area contributed by atoms with Gasteiger partial charge in [-0.2, -0.15) is 0 Å². The number of aliphatic hydroxyl groups excluding tert-OH is 1. The second-order valence-electron chi connectivity index (χ2n) is 6.51. The fourth-order valence-corrected chi connectivity index (χ4v) is 3.38. The first kappa shape index (κ1) is 17.1. The van der Waals surface area contributed by atoms with Crippen LogP contribution in [0.3, 0.4) is 0 Å². The number of imide groups is 1. The van der Waals surface area contributed by atoms with Gasteiger partial charge < -0.3 is 5.11 Å². The van der Waals surface area contributed by atoms with E-state index in [1.807, 2.05) is 0 Å². The summed E-state index contributed by atoms with van der Waals surface area (Å²) in [5.41, 5.74) is 0.983. The number of aryl methyl sites for hydroxylation is 1. The zero-order valence-electron chi connectivity index (χ0n) is 14.6. The summed E-state index contributed by atoms with van der Waals surface area (Å²) in [4.78, 5) is 42.9. The lowest BCUT2D eigenvalue weighted by molar-refractivity contribution is 0.0518. The van der Waals surface area contributed by atoms with Crippen LogP contribution < -0.4 is 5.56 Å². The molecule has 2 aromatic carbocycles. The molecule has 1 aliphatic heterocycles. The first-order valence-electron chi connectivity index (χ1n) is 8.57. The molecule has 0 radical (unpaired) electrons. The van der Waals surface area contributed by atoms with Crippen LogP contribution in [0.15, 0.2) is 53.3 Å². The van der Waals surface area contributed by atoms with Gasteiger partial charge in [0.25, 0.3) is 17.4 Å². The number of amides is 2. The number of fused-ring (bicyclic) bond motifs is 2. The topological polar surface area (TPSA) is 92.5 Å². The Bertz CT molecular complexity index is 1100. The summed E-state index contributed by atoms with van der Waals surface area (Å²) in [5, 5.41) is 10.9. The number of hydrogen-bond donors (Lipinski definition) is 1. The predicted molar refractivity (Wildman–Crippen MR) is 98.6 cm³/mol. The number of para-hydroxylation sites is 1. The molecule has 7 nitrogen and oxygen atoms in total. The molecular weight excluding hydrogens is 346 g/mol. The average Bonchev–Trinajstić information content (AvgIpc) is 2.90. The van der Waals surface area contributed by atoms with Gasteiger partial charge in [0.15, 0.2) is 0 Å². The number of benzene rings is 2. The highest BCUT2D eigenvalue weighted by molar-refractivity contribution is 6.21. The molecule has 7 heteroatoms. The molecule has 0 bridgehead atoms. The van der Waals surface area contributed by atoms with Crippen LogP contribution in [-0.2, 0) is 6.54 Å². The molecule has 0 fully saturated rings. The molecule has 1 atom stereocenters. The minimum Gasteiger partial charge on any atom is -0.389 e. The molecule has 0 unspecified atom stereocenters. The molecule has 2 amide bonds. The lowest BCUT2D eigenvalue weighted by atomic mass is 10.1. The number of nitrogens with zero attached hydrogens (tertiary/aromatic N) is 3. The number of β-amino-alcohol motifs (C(OH)–C–C–N with tert-alkyl or cyclic N) is 1. The highest BCUT2D eigenvalue weighted by Gasteiger charge is 2.36. The molecule has 1 aliphatic rings. The summed E-state index contributed by atoms with van der Waals surface area (Å²) in [6, 6.07) is 13.5. The van der Waals surface area contributed by atoms with Crippen molar-refractivity contribution in [1.82, 2.24) is 14.5 Å². The van der Waals surface area contributed by atoms with E-state index >= 15 is 0 Å². The Kier molecular flexibility index (Phi) is 4.08. The summed E-state index contributed by atoms with van der Waals surface area (Å²) in [7, 11) is 0. The van der Waals surface area contributed by atoms with E-state index in [1.54, 1.807) is 55.5 Å². The lowest BCUT2D eigenvalue weighted by Crippen LogP contribution is -2.40. The summed E-state index contributed by atoms with van der Waals surface area (Å²) in [5.74, 6) is -0.411. The van der Waals surface area contributed by atoms with Crippen LogP contribution in [0, 0.1) is 6.92 Å². The van der Waals surface area contributed by atoms with Crippen LogP contribution >= 0.6 is 0 Å². The van der Waals surface area contributed by atoms with Gasteiger partial charge in [0.2, 0.25) is 0 Å². The first-order chi connectivity index (χ1) is 13.0. The van der Waals surface area contributed by atoms with E-state index in [0.29, 0.717) is 27.9 Å². The molecule has 2 heterocycles. The Hall–Kier alpha value is -3.32. The number of aliphatic hydroxyl groups is 1. The fourth-order valence-electron chi connectivity index (χ4n) is 3.38. The van der Waals surface area contributed by atoms with Gasteiger partial charge in [0.1, 0.15) is 5.82 Å². The van der Waals surface area contributed by atoms with Gasteiger partial charge in [-0.05, 0) is 31.2 Å². The lowest BCUT2D eigenvalue weighted by Gasteiger charge is -2.20. The maximum absolute atomic E-state index is 12.7. The molecular formula is C20H17N3O4. The largest absolute Gasteiger partial charge is 0.389 e. The molecule has 1 N–H and O–H groups in total. The Morgan fingerprint density at radius 3 is 2.19 bits per heavy atom. The minimum atomic E-state index is -1.09. The molecule has 27 heavy (non-hydrogen) atoms. The van der Waals surface area contributed by atoms with Crippen LogP contribution in [0.5, 0.6) is 0 Å². The number of rotatable bonds is 4. The van der Waals surface area contributed by atoms with Gasteiger partial charge in [-0.15, -0.1) is 0 Å². The number of carbonyl (C=O) groups is 2. The van der Waals surface area contributed by atoms with Gasteiger partial charge in [-0.25, -0.2) is 4.98 Å². The smallest absolute Gasteiger partial charge is 0.261 e. The van der Waals surface area contributed by atoms with Crippen molar-refractivity contribution in [1.29, 1.82) is 0 Å². The van der Waals surface area contributed by atoms with E-state index in [4.69, 9.17) is 0 Å². The Morgan fingerprint density at radius 2 is 1.52 bits per heavy atom. The zero-order chi connectivity index (χ0) is 19.1. The van der Waals surface area contributed by atoms with Gasteiger partial charge in [-0.1, -0.05) is 24.3 Å². The summed E-state index contributed by atoms with van der Waals surface area (Å²) in [6.07, 6.45) is -1.09. The molecule has 4 rings (SSSR count). The van der Waals surface area contributed by atoms with E-state index in [0.717, 1.165) is 4.90 Å². The van der Waals surface area contributed by atoms with Crippen molar-refractivity contribution in [3.63, 3.8) is 0 Å². The molecule has 0 aliphatic carbocycles. The first-order valence-corrected chi connectivity index (χ1v) is 8.57. The van der Waals surface area contributed by atoms with Crippen LogP contribution in [0.4, 0.5) is 0 Å². The third kappa shape index (κ3) is 2.82. The maximum atomic E-state index is 12.7. The van der Waals surface area contributed by atoms with E-state index in [9.17, 15) is 19.5 Å². The third-order valence-corrected chi connectivity index (χ3v) is 4.72. The van der Waals surface area contributed by atoms with E-state index in [2.05, 4.69) is 4.98 Å². The third-order valence-electron chi connectivity index (χ3n) is 4.72. The van der Waals surface area contributed by atoms with E-state index < -0.39 is 17.9 Å². The van der Waals surface area contributed by atoms with Gasteiger partial charge >= 0.3 is 0 Å². The van der Waals surface area contributed by atoms with Gasteiger partial charge in [-0.3, -0.25) is 23.9 Å². The minimum absolute atomic E-state index is 0.0596. The molecule has 3 aromatic rings. The maximum Gasteiger partial charge on any atom is 0.261 e. The molecule has 0 spiro atoms. The van der Waals surface area contributed by atoms with Gasteiger partial charge in [0, 0.05) is 0 Å². The molecule has 0 saturated heterocycles. The Balaban J connectivity index is 1.58.